The lowest BCUT2D eigenvalue weighted by Gasteiger charge is -2.36. The number of pyridine rings is 1. The molecule has 2 aromatic carbocycles. The van der Waals surface area contributed by atoms with E-state index in [0.29, 0.717) is 48.7 Å². The zero-order valence-corrected chi connectivity index (χ0v) is 28.7. The van der Waals surface area contributed by atoms with Gasteiger partial charge in [-0.1, -0.05) is 36.4 Å². The van der Waals surface area contributed by atoms with Gasteiger partial charge in [-0.2, -0.15) is 5.10 Å². The van der Waals surface area contributed by atoms with Crippen LogP contribution in [0.5, 0.6) is 0 Å². The predicted octanol–water partition coefficient (Wildman–Crippen LogP) is 4.82. The largest absolute Gasteiger partial charge is 0.349 e. The summed E-state index contributed by atoms with van der Waals surface area (Å²) >= 11 is 0. The normalized spacial score (nSPS) is 18.9. The van der Waals surface area contributed by atoms with Gasteiger partial charge < -0.3 is 5.32 Å². The van der Waals surface area contributed by atoms with Crippen LogP contribution in [0.2, 0.25) is 0 Å². The number of benzene rings is 2. The van der Waals surface area contributed by atoms with Crippen molar-refractivity contribution in [2.24, 2.45) is 0 Å². The second-order valence-electron chi connectivity index (χ2n) is 13.9. The predicted molar refractivity (Wildman–Crippen MR) is 191 cm³/mol. The molecule has 3 aromatic heterocycles. The number of halogens is 1. The fraction of sp³-hybridized carbons (Fsp3) is 0.395. The zero-order valence-electron chi connectivity index (χ0n) is 28.7. The Morgan fingerprint density at radius 3 is 2.38 bits per heavy atom. The van der Waals surface area contributed by atoms with Crippen LogP contribution >= 0.6 is 0 Å². The van der Waals surface area contributed by atoms with Gasteiger partial charge in [-0.15, -0.1) is 0 Å². The molecule has 11 nitrogen and oxygen atoms in total. The summed E-state index contributed by atoms with van der Waals surface area (Å²) in [6.45, 7) is 11.4. The molecule has 1 aliphatic carbocycles. The first-order valence-electron chi connectivity index (χ1n) is 17.5. The molecule has 0 atom stereocenters. The Hall–Kier alpha value is -4.94. The zero-order chi connectivity index (χ0) is 34.9. The lowest BCUT2D eigenvalue weighted by molar-refractivity contribution is 0.0921. The van der Waals surface area contributed by atoms with E-state index in [0.717, 1.165) is 56.1 Å². The van der Waals surface area contributed by atoms with Crippen molar-refractivity contribution < 1.29 is 9.18 Å². The lowest BCUT2D eigenvalue weighted by atomic mass is 9.90. The van der Waals surface area contributed by atoms with Crippen LogP contribution < -0.4 is 16.6 Å². The highest BCUT2D eigenvalue weighted by molar-refractivity contribution is 5.95. The van der Waals surface area contributed by atoms with Gasteiger partial charge in [-0.25, -0.2) is 18.7 Å². The summed E-state index contributed by atoms with van der Waals surface area (Å²) < 4.78 is 17.2. The minimum absolute atomic E-state index is 0.0412. The van der Waals surface area contributed by atoms with Crippen molar-refractivity contribution in [3.63, 3.8) is 0 Å². The van der Waals surface area contributed by atoms with E-state index < -0.39 is 23.1 Å². The highest BCUT2D eigenvalue weighted by Crippen LogP contribution is 2.29. The van der Waals surface area contributed by atoms with Crippen LogP contribution in [0.15, 0.2) is 76.6 Å². The monoisotopic (exact) mass is 678 g/mol. The van der Waals surface area contributed by atoms with Crippen LogP contribution in [-0.2, 0) is 6.54 Å². The number of hydrogen-bond donors (Lipinski definition) is 2. The van der Waals surface area contributed by atoms with E-state index in [1.807, 2.05) is 18.2 Å². The van der Waals surface area contributed by atoms with Crippen molar-refractivity contribution in [3.05, 3.63) is 110 Å². The molecule has 2 aliphatic rings. The number of rotatable bonds is 8. The average molecular weight is 679 g/mol. The summed E-state index contributed by atoms with van der Waals surface area (Å²) in [5, 5.41) is 9.80. The van der Waals surface area contributed by atoms with Gasteiger partial charge in [-0.05, 0) is 81.3 Å². The Balaban J connectivity index is 1.14. The second-order valence-corrected chi connectivity index (χ2v) is 13.9. The first-order chi connectivity index (χ1) is 24.2. The topological polar surface area (TPSA) is 121 Å². The maximum absolute atomic E-state index is 14.5. The molecule has 1 amide bonds. The van der Waals surface area contributed by atoms with Crippen LogP contribution in [0.4, 0.5) is 4.39 Å². The molecule has 12 heteroatoms. The van der Waals surface area contributed by atoms with Gasteiger partial charge in [0.25, 0.3) is 11.5 Å². The number of aromatic nitrogens is 5. The first kappa shape index (κ1) is 33.6. The molecule has 1 saturated carbocycles. The summed E-state index contributed by atoms with van der Waals surface area (Å²) in [6, 6.07) is 17.3. The number of nitrogens with one attached hydrogen (secondary N) is 2. The van der Waals surface area contributed by atoms with Gasteiger partial charge in [0.1, 0.15) is 5.82 Å². The molecule has 2 fully saturated rings. The molecular weight excluding hydrogens is 635 g/mol. The third-order valence-corrected chi connectivity index (χ3v) is 10.3. The number of fused-ring (bicyclic) bond motifs is 1. The molecule has 4 heterocycles. The Kier molecular flexibility index (Phi) is 9.48. The summed E-state index contributed by atoms with van der Waals surface area (Å²) in [4.78, 5) is 50.1. The van der Waals surface area contributed by atoms with Gasteiger partial charge >= 0.3 is 5.69 Å². The summed E-state index contributed by atoms with van der Waals surface area (Å²) in [5.74, 6) is -0.857. The third kappa shape index (κ3) is 6.77. The van der Waals surface area contributed by atoms with E-state index in [1.165, 1.54) is 20.9 Å². The van der Waals surface area contributed by atoms with Gasteiger partial charge in [0, 0.05) is 56.5 Å². The van der Waals surface area contributed by atoms with Crippen LogP contribution in [-0.4, -0.2) is 78.3 Å². The number of H-pyrrole nitrogens is 1. The highest BCUT2D eigenvalue weighted by atomic mass is 19.1. The quantitative estimate of drug-likeness (QED) is 0.241. The van der Waals surface area contributed by atoms with E-state index in [4.69, 9.17) is 0 Å². The second kappa shape index (κ2) is 14.1. The molecule has 0 bridgehead atoms. The number of amides is 1. The van der Waals surface area contributed by atoms with Crippen molar-refractivity contribution in [2.75, 3.05) is 26.2 Å². The van der Waals surface area contributed by atoms with Crippen molar-refractivity contribution >= 4 is 16.9 Å². The van der Waals surface area contributed by atoms with E-state index in [1.54, 1.807) is 13.0 Å². The van der Waals surface area contributed by atoms with Crippen LogP contribution in [0.3, 0.4) is 0 Å². The number of piperazine rings is 1. The van der Waals surface area contributed by atoms with Crippen molar-refractivity contribution in [1.82, 2.24) is 39.4 Å². The number of hydrogen-bond acceptors (Lipinski definition) is 7. The summed E-state index contributed by atoms with van der Waals surface area (Å²) in [5.41, 5.74) is 3.89. The Morgan fingerprint density at radius 1 is 0.960 bits per heavy atom. The lowest BCUT2D eigenvalue weighted by Crippen LogP contribution is -2.48. The molecule has 7 rings (SSSR count). The van der Waals surface area contributed by atoms with E-state index in [9.17, 15) is 18.8 Å². The SMILES string of the molecule is Cc1[nH]ncc1C(=O)NC1CCC(n2c(=O)c3cc(F)cnc3n(-c3cccc(-c4ccc(CN5CCN(C(C)C)CC5)cc4)c3)c2=O)CC1. The maximum atomic E-state index is 14.5. The van der Waals surface area contributed by atoms with Crippen LogP contribution in [0.1, 0.15) is 67.2 Å². The molecule has 5 aromatic rings. The molecule has 0 spiro atoms. The molecule has 50 heavy (non-hydrogen) atoms. The van der Waals surface area contributed by atoms with E-state index >= 15 is 0 Å². The number of carbonyl (C=O) groups is 1. The van der Waals surface area contributed by atoms with Crippen molar-refractivity contribution in [2.45, 2.75) is 71.1 Å². The molecule has 0 radical (unpaired) electrons. The van der Waals surface area contributed by atoms with Gasteiger partial charge in [0.05, 0.1) is 29.0 Å². The number of nitrogens with zero attached hydrogens (tertiary/aromatic N) is 6. The van der Waals surface area contributed by atoms with Gasteiger partial charge in [0.15, 0.2) is 5.65 Å². The molecule has 260 valence electrons. The Bertz CT molecular complexity index is 2120. The average Bonchev–Trinajstić information content (AvgIpc) is 3.56. The molecule has 0 unspecified atom stereocenters. The van der Waals surface area contributed by atoms with E-state index in [2.05, 4.69) is 68.4 Å². The number of aryl methyl sites for hydroxylation is 1. The van der Waals surface area contributed by atoms with Crippen LogP contribution in [0.25, 0.3) is 27.8 Å². The first-order valence-corrected chi connectivity index (χ1v) is 17.5. The van der Waals surface area contributed by atoms with Gasteiger partial charge in [0.2, 0.25) is 0 Å². The number of carbonyl (C=O) groups excluding carboxylic acids is 1. The number of aromatic amines is 1. The Morgan fingerprint density at radius 2 is 1.70 bits per heavy atom. The molecule has 1 saturated heterocycles. The fourth-order valence-electron chi connectivity index (χ4n) is 7.38. The minimum Gasteiger partial charge on any atom is -0.349 e. The minimum atomic E-state index is -0.650. The standard InChI is InChI=1S/C38H43FN8O3/c1-24(2)45-17-15-44(16-18-45)23-26-7-9-27(10-8-26)28-5-4-6-32(19-28)46-35-33(20-29(39)21-40-35)37(49)47(38(46)50)31-13-11-30(12-14-31)42-36(48)34-22-41-43-25(34)3/h4-10,19-22,24,30-31H,11-18,23H2,1-3H3,(H,41,43)(H,42,48). The maximum Gasteiger partial charge on any atom is 0.337 e. The Labute approximate surface area is 289 Å². The van der Waals surface area contributed by atoms with Crippen LogP contribution in [0, 0.1) is 12.7 Å². The smallest absolute Gasteiger partial charge is 0.337 e. The third-order valence-electron chi connectivity index (χ3n) is 10.3. The van der Waals surface area contributed by atoms with E-state index in [-0.39, 0.29) is 23.0 Å². The van der Waals surface area contributed by atoms with Crippen molar-refractivity contribution in [3.8, 4) is 16.8 Å². The molecule has 1 aliphatic heterocycles. The molecule has 2 N–H and O–H groups in total. The summed E-state index contributed by atoms with van der Waals surface area (Å²) in [6.07, 6.45) is 4.69. The van der Waals surface area contributed by atoms with Gasteiger partial charge in [-0.3, -0.25) is 29.1 Å². The van der Waals surface area contributed by atoms with Crippen molar-refractivity contribution in [1.29, 1.82) is 0 Å². The fourth-order valence-corrected chi connectivity index (χ4v) is 7.38. The highest BCUT2D eigenvalue weighted by Gasteiger charge is 2.29. The summed E-state index contributed by atoms with van der Waals surface area (Å²) in [7, 11) is 0. The molecular formula is C38H43FN8O3.